The smallest absolute Gasteiger partial charge is 0.270 e. The normalized spacial score (nSPS) is 13.7. The molecule has 0 spiro atoms. The summed E-state index contributed by atoms with van der Waals surface area (Å²) in [6.45, 7) is 4.22. The molecule has 0 radical (unpaired) electrons. The summed E-state index contributed by atoms with van der Waals surface area (Å²) in [5.74, 6) is 0.0751. The van der Waals surface area contributed by atoms with Gasteiger partial charge in [0.15, 0.2) is 0 Å². The van der Waals surface area contributed by atoms with Crippen LogP contribution in [0.4, 0.5) is 5.69 Å². The van der Waals surface area contributed by atoms with Gasteiger partial charge in [-0.15, -0.1) is 0 Å². The monoisotopic (exact) mass is 636 g/mol. The molecule has 1 fully saturated rings. The Morgan fingerprint density at radius 3 is 1.98 bits per heavy atom. The van der Waals surface area contributed by atoms with Gasteiger partial charge in [-0.1, -0.05) is 66.2 Å². The number of amides is 1. The molecule has 238 valence electrons. The predicted octanol–water partition coefficient (Wildman–Crippen LogP) is 7.19. The second kappa shape index (κ2) is 13.9. The third kappa shape index (κ3) is 6.57. The Morgan fingerprint density at radius 2 is 1.37 bits per heavy atom. The molecule has 0 unspecified atom stereocenters. The number of unbranched alkanes of at least 4 members (excludes halogenated alkanes) is 1. The van der Waals surface area contributed by atoms with Crippen molar-refractivity contribution >= 4 is 34.1 Å². The van der Waals surface area contributed by atoms with E-state index in [1.54, 1.807) is 24.3 Å². The second-order valence-electron chi connectivity index (χ2n) is 12.3. The first kappa shape index (κ1) is 31.5. The molecule has 2 N–H and O–H groups in total. The van der Waals surface area contributed by atoms with E-state index in [1.165, 1.54) is 0 Å². The Morgan fingerprint density at radius 1 is 0.783 bits per heavy atom. The Balaban J connectivity index is 1.47. The molecule has 1 aliphatic rings. The topological polar surface area (TPSA) is 72.2 Å². The molecule has 1 saturated heterocycles. The number of aromatic nitrogens is 1. The summed E-state index contributed by atoms with van der Waals surface area (Å²) < 4.78 is 2.23. The molecule has 1 aromatic heterocycles. The van der Waals surface area contributed by atoms with Crippen molar-refractivity contribution < 1.29 is 15.0 Å². The quantitative estimate of drug-likeness (QED) is 0.159. The lowest BCUT2D eigenvalue weighted by molar-refractivity contribution is 0.0734. The zero-order valence-electron chi connectivity index (χ0n) is 26.4. The van der Waals surface area contributed by atoms with Crippen LogP contribution in [0.2, 0.25) is 5.02 Å². The number of nitrogens with zero attached hydrogens (tertiary/aromatic N) is 4. The average Bonchev–Trinajstić information content (AvgIpc) is 3.38. The summed E-state index contributed by atoms with van der Waals surface area (Å²) in [5, 5.41) is 22.1. The van der Waals surface area contributed by atoms with E-state index in [9.17, 15) is 15.0 Å². The van der Waals surface area contributed by atoms with E-state index in [0.717, 1.165) is 52.7 Å². The van der Waals surface area contributed by atoms with Crippen LogP contribution in [0, 0.1) is 0 Å². The van der Waals surface area contributed by atoms with Gasteiger partial charge < -0.3 is 29.5 Å². The van der Waals surface area contributed by atoms with Crippen LogP contribution < -0.4 is 4.90 Å². The number of rotatable bonds is 10. The number of halogens is 1. The largest absolute Gasteiger partial charge is 0.508 e. The van der Waals surface area contributed by atoms with Crippen molar-refractivity contribution in [3.63, 3.8) is 0 Å². The van der Waals surface area contributed by atoms with E-state index in [2.05, 4.69) is 40.6 Å². The number of fused-ring (bicyclic) bond motifs is 1. The van der Waals surface area contributed by atoms with Gasteiger partial charge in [0.05, 0.1) is 10.7 Å². The minimum Gasteiger partial charge on any atom is -0.508 e. The van der Waals surface area contributed by atoms with E-state index in [1.807, 2.05) is 65.6 Å². The Hall–Kier alpha value is -4.46. The van der Waals surface area contributed by atoms with Gasteiger partial charge in [0.2, 0.25) is 0 Å². The molecule has 5 aromatic rings. The fraction of sp³-hybridized carbons (Fsp3) is 0.289. The van der Waals surface area contributed by atoms with Gasteiger partial charge in [0.1, 0.15) is 17.2 Å². The van der Waals surface area contributed by atoms with Gasteiger partial charge >= 0.3 is 0 Å². The fourth-order valence-corrected chi connectivity index (χ4v) is 6.91. The van der Waals surface area contributed by atoms with Crippen LogP contribution in [-0.2, 0) is 6.54 Å². The van der Waals surface area contributed by atoms with Crippen molar-refractivity contribution in [3.05, 3.63) is 124 Å². The highest BCUT2D eigenvalue weighted by atomic mass is 35.5. The van der Waals surface area contributed by atoms with E-state index in [4.69, 9.17) is 11.6 Å². The number of hydrogen-bond donors (Lipinski definition) is 2. The number of aromatic hydroxyl groups is 2. The molecule has 1 amide bonds. The highest BCUT2D eigenvalue weighted by Crippen LogP contribution is 2.42. The Labute approximate surface area is 275 Å². The van der Waals surface area contributed by atoms with Gasteiger partial charge in [-0.05, 0) is 87.1 Å². The van der Waals surface area contributed by atoms with Crippen LogP contribution >= 0.6 is 11.6 Å². The van der Waals surface area contributed by atoms with Crippen molar-refractivity contribution in [2.75, 3.05) is 51.7 Å². The van der Waals surface area contributed by atoms with Crippen LogP contribution in [-0.4, -0.2) is 77.3 Å². The zero-order chi connectivity index (χ0) is 32.2. The van der Waals surface area contributed by atoms with E-state index >= 15 is 0 Å². The Kier molecular flexibility index (Phi) is 9.52. The molecule has 1 aliphatic heterocycles. The molecule has 0 aliphatic carbocycles. The maximum Gasteiger partial charge on any atom is 0.270 e. The highest BCUT2D eigenvalue weighted by Gasteiger charge is 2.33. The molecule has 6 rings (SSSR count). The first-order valence-corrected chi connectivity index (χ1v) is 16.3. The first-order chi connectivity index (χ1) is 22.3. The Bertz CT molecular complexity index is 1750. The first-order valence-electron chi connectivity index (χ1n) is 15.9. The van der Waals surface area contributed by atoms with Crippen molar-refractivity contribution in [2.45, 2.75) is 25.3 Å². The lowest BCUT2D eigenvalue weighted by Crippen LogP contribution is -2.49. The number of benzene rings is 4. The van der Waals surface area contributed by atoms with Crippen LogP contribution in [0.5, 0.6) is 11.5 Å². The van der Waals surface area contributed by atoms with Gasteiger partial charge in [0.25, 0.3) is 5.91 Å². The standard InChI is InChI=1S/C38H41ClN4O3/c1-40(2)21-7-8-22-43-33-11-5-3-9-31(33)36(35(27-13-17-29(44)18-14-27)28-15-19-30(45)20-16-28)37(43)38(46)42-25-23-41(24-26-42)34-12-6-4-10-32(34)39/h3-6,9-20,35,44-45H,7-8,21-26H2,1-2H3. The molecule has 46 heavy (non-hydrogen) atoms. The van der Waals surface area contributed by atoms with Crippen LogP contribution in [0.1, 0.15) is 45.9 Å². The SMILES string of the molecule is CN(C)CCCCn1c(C(=O)N2CCN(c3ccccc3Cl)CC2)c(C(c2ccc(O)cc2)c2ccc(O)cc2)c2ccccc21. The summed E-state index contributed by atoms with van der Waals surface area (Å²) in [7, 11) is 4.17. The highest BCUT2D eigenvalue weighted by molar-refractivity contribution is 6.33. The minimum atomic E-state index is -0.308. The molecule has 8 heteroatoms. The number of para-hydroxylation sites is 2. The average molecular weight is 637 g/mol. The number of hydrogen-bond acceptors (Lipinski definition) is 5. The summed E-state index contributed by atoms with van der Waals surface area (Å²) >= 11 is 6.53. The van der Waals surface area contributed by atoms with Crippen LogP contribution in [0.25, 0.3) is 10.9 Å². The summed E-state index contributed by atoms with van der Waals surface area (Å²) in [6, 6.07) is 30.6. The number of anilines is 1. The number of carbonyl (C=O) groups excluding carboxylic acids is 1. The third-order valence-corrected chi connectivity index (χ3v) is 9.27. The second-order valence-corrected chi connectivity index (χ2v) is 12.7. The van der Waals surface area contributed by atoms with Crippen LogP contribution in [0.3, 0.4) is 0 Å². The molecule has 0 atom stereocenters. The van der Waals surface area contributed by atoms with Gasteiger partial charge in [-0.2, -0.15) is 0 Å². The molecular weight excluding hydrogens is 596 g/mol. The summed E-state index contributed by atoms with van der Waals surface area (Å²) in [5.41, 5.74) is 5.57. The third-order valence-electron chi connectivity index (χ3n) is 8.95. The van der Waals surface area contributed by atoms with Crippen molar-refractivity contribution in [1.82, 2.24) is 14.4 Å². The van der Waals surface area contributed by atoms with Crippen molar-refractivity contribution in [1.29, 1.82) is 0 Å². The minimum absolute atomic E-state index is 0.0141. The van der Waals surface area contributed by atoms with Gasteiger partial charge in [0, 0.05) is 55.1 Å². The van der Waals surface area contributed by atoms with E-state index in [0.29, 0.717) is 43.4 Å². The van der Waals surface area contributed by atoms with E-state index in [-0.39, 0.29) is 23.3 Å². The molecular formula is C38H41ClN4O3. The lowest BCUT2D eigenvalue weighted by Gasteiger charge is -2.37. The van der Waals surface area contributed by atoms with Crippen LogP contribution in [0.15, 0.2) is 97.1 Å². The predicted molar refractivity (Wildman–Crippen MR) is 186 cm³/mol. The molecule has 7 nitrogen and oxygen atoms in total. The van der Waals surface area contributed by atoms with Gasteiger partial charge in [-0.25, -0.2) is 0 Å². The summed E-state index contributed by atoms with van der Waals surface area (Å²) in [4.78, 5) is 21.3. The number of piperazine rings is 1. The summed E-state index contributed by atoms with van der Waals surface area (Å²) in [6.07, 6.45) is 1.94. The van der Waals surface area contributed by atoms with Crippen molar-refractivity contribution in [3.8, 4) is 11.5 Å². The maximum atomic E-state index is 14.9. The van der Waals surface area contributed by atoms with Crippen molar-refractivity contribution in [2.24, 2.45) is 0 Å². The molecule has 4 aromatic carbocycles. The molecule has 2 heterocycles. The zero-order valence-corrected chi connectivity index (χ0v) is 27.2. The molecule has 0 bridgehead atoms. The van der Waals surface area contributed by atoms with E-state index < -0.39 is 0 Å². The number of carbonyl (C=O) groups is 1. The maximum absolute atomic E-state index is 14.9. The number of phenols is 2. The van der Waals surface area contributed by atoms with Gasteiger partial charge in [-0.3, -0.25) is 4.79 Å². The number of phenolic OH excluding ortho intramolecular Hbond substituents is 2. The lowest BCUT2D eigenvalue weighted by atomic mass is 9.83. The fourth-order valence-electron chi connectivity index (χ4n) is 6.65. The molecule has 0 saturated carbocycles. The number of aryl methyl sites for hydroxylation is 1.